The number of rotatable bonds is 26. The van der Waals surface area contributed by atoms with Gasteiger partial charge >= 0.3 is 0 Å². The van der Waals surface area contributed by atoms with Crippen molar-refractivity contribution in [1.82, 2.24) is 51.5 Å². The Morgan fingerprint density at radius 3 is 1.41 bits per heavy atom. The van der Waals surface area contributed by atoms with Crippen LogP contribution in [0.5, 0.6) is 0 Å². The first-order chi connectivity index (χ1) is 42.5. The molecule has 2 heterocycles. The molecule has 7 atom stereocenters. The molecule has 0 aromatic heterocycles. The lowest BCUT2D eigenvalue weighted by Crippen LogP contribution is -2.58. The van der Waals surface area contributed by atoms with E-state index in [0.717, 1.165) is 105 Å². The molecule has 472 valence electrons. The molecule has 4 aromatic rings. The van der Waals surface area contributed by atoms with E-state index in [-0.39, 0.29) is 60.0 Å². The van der Waals surface area contributed by atoms with Crippen molar-refractivity contribution in [2.45, 2.75) is 173 Å². The van der Waals surface area contributed by atoms with E-state index in [4.69, 9.17) is 0 Å². The summed E-state index contributed by atoms with van der Waals surface area (Å²) in [5, 5.41) is 17.9. The third kappa shape index (κ3) is 17.8. The summed E-state index contributed by atoms with van der Waals surface area (Å²) in [4.78, 5) is 120. The van der Waals surface area contributed by atoms with Gasteiger partial charge < -0.3 is 51.5 Å². The van der Waals surface area contributed by atoms with Crippen molar-refractivity contribution in [3.8, 4) is 11.1 Å². The molecule has 0 spiro atoms. The Morgan fingerprint density at radius 2 is 0.932 bits per heavy atom. The van der Waals surface area contributed by atoms with E-state index < -0.39 is 42.0 Å². The first kappa shape index (κ1) is 66.3. The molecule has 2 saturated carbocycles. The van der Waals surface area contributed by atoms with Gasteiger partial charge in [-0.2, -0.15) is 0 Å². The van der Waals surface area contributed by atoms with Gasteiger partial charge in [0.1, 0.15) is 23.8 Å². The Kier molecular flexibility index (Phi) is 24.5. The monoisotopic (exact) mass is 1200 g/mol. The van der Waals surface area contributed by atoms with E-state index in [1.54, 1.807) is 75.9 Å². The Hall–Kier alpha value is -7.70. The molecule has 4 aromatic carbocycles. The molecule has 0 unspecified atom stereocenters. The van der Waals surface area contributed by atoms with Gasteiger partial charge in [0, 0.05) is 62.5 Å². The van der Waals surface area contributed by atoms with E-state index >= 15 is 0 Å². The second-order valence-electron chi connectivity index (χ2n) is 24.6. The molecule has 0 radical (unpaired) electrons. The van der Waals surface area contributed by atoms with Crippen molar-refractivity contribution in [2.75, 3.05) is 53.4 Å². The number of likely N-dealkylation sites (tertiary alicyclic amines) is 2. The van der Waals surface area contributed by atoms with Gasteiger partial charge in [0.05, 0.1) is 12.1 Å². The molecule has 2 aliphatic heterocycles. The van der Waals surface area contributed by atoms with Crippen LogP contribution in [0.2, 0.25) is 0 Å². The highest BCUT2D eigenvalue weighted by molar-refractivity contribution is 6.01. The highest BCUT2D eigenvalue weighted by atomic mass is 16.2. The topological polar surface area (TPSA) is 222 Å². The molecule has 4 aliphatic rings. The van der Waals surface area contributed by atoms with Crippen LogP contribution in [0, 0.1) is 5.92 Å². The molecule has 8 amide bonds. The van der Waals surface area contributed by atoms with Gasteiger partial charge in [-0.05, 0) is 177 Å². The second kappa shape index (κ2) is 32.5. The molecule has 0 bridgehead atoms. The summed E-state index contributed by atoms with van der Waals surface area (Å²) in [7, 11) is 3.44. The van der Waals surface area contributed by atoms with Gasteiger partial charge in [-0.3, -0.25) is 38.4 Å². The predicted molar refractivity (Wildman–Crippen MR) is 342 cm³/mol. The maximum Gasteiger partial charge on any atom is 0.270 e. The zero-order chi connectivity index (χ0) is 62.7. The lowest BCUT2D eigenvalue weighted by Gasteiger charge is -2.37. The zero-order valence-corrected chi connectivity index (χ0v) is 52.6. The van der Waals surface area contributed by atoms with Gasteiger partial charge in [-0.15, -0.1) is 0 Å². The Labute approximate surface area is 520 Å². The third-order valence-corrected chi connectivity index (χ3v) is 18.5. The Bertz CT molecular complexity index is 3030. The molecule has 8 rings (SSSR count). The van der Waals surface area contributed by atoms with Crippen LogP contribution in [0.1, 0.15) is 149 Å². The summed E-state index contributed by atoms with van der Waals surface area (Å²) < 4.78 is 0. The Morgan fingerprint density at radius 1 is 0.489 bits per heavy atom. The highest BCUT2D eigenvalue weighted by Gasteiger charge is 2.41. The van der Waals surface area contributed by atoms with Crippen molar-refractivity contribution in [3.63, 3.8) is 0 Å². The molecule has 18 heteroatoms. The molecular weight excluding hydrogens is 1110 g/mol. The van der Waals surface area contributed by atoms with Crippen molar-refractivity contribution < 1.29 is 38.4 Å². The third-order valence-electron chi connectivity index (χ3n) is 18.5. The van der Waals surface area contributed by atoms with Gasteiger partial charge in [-0.1, -0.05) is 111 Å². The number of nitrogens with zero attached hydrogens (tertiary/aromatic N) is 4. The number of hydrogen-bond donors (Lipinski definition) is 6. The van der Waals surface area contributed by atoms with Crippen molar-refractivity contribution in [3.05, 3.63) is 143 Å². The molecule has 6 N–H and O–H groups in total. The first-order valence-corrected chi connectivity index (χ1v) is 32.3. The zero-order valence-electron chi connectivity index (χ0n) is 52.6. The van der Waals surface area contributed by atoms with Crippen molar-refractivity contribution in [1.29, 1.82) is 0 Å². The lowest BCUT2D eigenvalue weighted by molar-refractivity contribution is -0.141. The number of hydrogen-bond acceptors (Lipinski definition) is 10. The number of amides is 8. The van der Waals surface area contributed by atoms with Crippen LogP contribution in [0.15, 0.2) is 120 Å². The second-order valence-corrected chi connectivity index (χ2v) is 24.6. The van der Waals surface area contributed by atoms with Gasteiger partial charge in [0.15, 0.2) is 0 Å². The van der Waals surface area contributed by atoms with Crippen LogP contribution in [-0.2, 0) is 41.6 Å². The fourth-order valence-corrected chi connectivity index (χ4v) is 12.8. The first-order valence-electron chi connectivity index (χ1n) is 32.3. The number of likely N-dealkylation sites (N-methyl/N-ethyl adjacent to an activating group) is 2. The van der Waals surface area contributed by atoms with E-state index in [0.29, 0.717) is 75.2 Å². The lowest BCUT2D eigenvalue weighted by atomic mass is 9.83. The summed E-state index contributed by atoms with van der Waals surface area (Å²) in [6.45, 7) is 9.28. The van der Waals surface area contributed by atoms with Crippen LogP contribution < -0.4 is 31.9 Å². The minimum absolute atomic E-state index is 0.0423. The molecule has 18 nitrogen and oxygen atoms in total. The molecular formula is C70H94N10O8. The van der Waals surface area contributed by atoms with Gasteiger partial charge in [-0.25, -0.2) is 0 Å². The maximum absolute atomic E-state index is 14.6. The molecule has 2 saturated heterocycles. The maximum atomic E-state index is 14.6. The minimum Gasteiger partial charge on any atom is -0.343 e. The molecule has 4 fully saturated rings. The van der Waals surface area contributed by atoms with Crippen LogP contribution in [0.25, 0.3) is 11.1 Å². The van der Waals surface area contributed by atoms with Gasteiger partial charge in [0.2, 0.25) is 29.5 Å². The van der Waals surface area contributed by atoms with E-state index in [2.05, 4.69) is 31.9 Å². The van der Waals surface area contributed by atoms with Crippen molar-refractivity contribution in [2.24, 2.45) is 5.92 Å². The van der Waals surface area contributed by atoms with Gasteiger partial charge in [0.25, 0.3) is 17.7 Å². The number of nitrogens with one attached hydrogen (secondary N) is 6. The smallest absolute Gasteiger partial charge is 0.270 e. The molecule has 2 aliphatic carbocycles. The van der Waals surface area contributed by atoms with E-state index in [1.165, 1.54) is 0 Å². The SMILES string of the molecule is CN[C@@H](C)C(=O)NC(C(=O)N1CCC[C@H]1CN(CCc1ccccc1)C(=O)[C@@H](C)NC(=O)c1ccc(-c2ccc(C(=O)N[C@H](C)C(=O)N(CCc3ccccc3)C[C@@H]3CCCN3C(=O)[C@@H](NC(=O)[C@H](C)NC)C3CCCCC3)cc2)cc1)=C1CCCCC1. The number of carbonyl (C=O) groups is 8. The largest absolute Gasteiger partial charge is 0.343 e. The van der Waals surface area contributed by atoms with Crippen LogP contribution in [0.3, 0.4) is 0 Å². The highest BCUT2D eigenvalue weighted by Crippen LogP contribution is 2.32. The fraction of sp³-hybridized carbons (Fsp3) is 0.514. The number of allylic oxidation sites excluding steroid dienone is 1. The average molecular weight is 1200 g/mol. The molecule has 88 heavy (non-hydrogen) atoms. The van der Waals surface area contributed by atoms with Crippen LogP contribution >= 0.6 is 0 Å². The summed E-state index contributed by atoms with van der Waals surface area (Å²) in [6.07, 6.45) is 13.5. The standard InChI is InChI=1S/C70H94N10O8/c1-47(71-5)63(81)75-61(55-25-15-9-16-26-55)69(87)79-41-19-29-59(79)45-77(43-39-51-21-11-7-12-22-51)67(85)49(3)73-65(83)57-35-31-53(32-36-57)54-33-37-58(38-34-54)66(84)74-50(4)68(86)78(44-40-52-23-13-8-14-24-52)46-60-30-20-42-80(60)70(88)62(56-27-17-10-18-28-56)76-64(82)48(2)72-6/h7-8,11-14,21-24,31-38,47-50,55,59-61,71-72H,9-10,15-20,25-30,39-46H2,1-6H3,(H,73,83)(H,74,84)(H,75,81)(H,76,82)/t47-,48-,49+,50+,59-,60-,61-/m0/s1. The summed E-state index contributed by atoms with van der Waals surface area (Å²) in [5.74, 6) is -2.10. The number of benzene rings is 4. The fourth-order valence-electron chi connectivity index (χ4n) is 12.8. The van der Waals surface area contributed by atoms with Crippen LogP contribution in [0.4, 0.5) is 0 Å². The van der Waals surface area contributed by atoms with E-state index in [1.807, 2.05) is 94.7 Å². The number of carbonyl (C=O) groups excluding carboxylic acids is 8. The van der Waals surface area contributed by atoms with Crippen LogP contribution in [-0.4, -0.2) is 163 Å². The summed E-state index contributed by atoms with van der Waals surface area (Å²) >= 11 is 0. The Balaban J connectivity index is 0.890. The summed E-state index contributed by atoms with van der Waals surface area (Å²) in [6, 6.07) is 30.0. The predicted octanol–water partition coefficient (Wildman–Crippen LogP) is 7.33. The summed E-state index contributed by atoms with van der Waals surface area (Å²) in [5.41, 5.74) is 5.77. The average Bonchev–Trinajstić information content (AvgIpc) is 4.06. The quantitative estimate of drug-likeness (QED) is 0.0344. The van der Waals surface area contributed by atoms with Crippen molar-refractivity contribution >= 4 is 47.3 Å². The normalized spacial score (nSPS) is 18.7. The minimum atomic E-state index is -0.893. The van der Waals surface area contributed by atoms with E-state index in [9.17, 15) is 38.4 Å².